The molecule has 3 aromatic rings. The lowest BCUT2D eigenvalue weighted by molar-refractivity contribution is 0.00763. The molecule has 192 valence electrons. The minimum atomic E-state index is -3.76. The van der Waals surface area contributed by atoms with Gasteiger partial charge < -0.3 is 9.47 Å². The van der Waals surface area contributed by atoms with Crippen molar-refractivity contribution in [3.63, 3.8) is 0 Å². The van der Waals surface area contributed by atoms with Gasteiger partial charge in [-0.1, -0.05) is 41.9 Å². The first-order chi connectivity index (χ1) is 17.3. The van der Waals surface area contributed by atoms with Crippen molar-refractivity contribution in [2.45, 2.75) is 24.5 Å². The van der Waals surface area contributed by atoms with Crippen molar-refractivity contribution in [1.29, 1.82) is 0 Å². The zero-order chi connectivity index (χ0) is 25.7. The van der Waals surface area contributed by atoms with Gasteiger partial charge in [-0.05, 0) is 60.0 Å². The fourth-order valence-electron chi connectivity index (χ4n) is 4.19. The van der Waals surface area contributed by atoms with E-state index >= 15 is 0 Å². The number of halogens is 2. The van der Waals surface area contributed by atoms with Crippen LogP contribution in [-0.4, -0.2) is 57.5 Å². The summed E-state index contributed by atoms with van der Waals surface area (Å²) in [6, 6.07) is 19.4. The topological polar surface area (TPSA) is 59.1 Å². The number of methoxy groups -OCH3 is 1. The van der Waals surface area contributed by atoms with Crippen LogP contribution in [0.4, 0.5) is 4.39 Å². The monoisotopic (exact) mass is 532 g/mol. The third-order valence-corrected chi connectivity index (χ3v) is 8.47. The van der Waals surface area contributed by atoms with Gasteiger partial charge in [0, 0.05) is 37.7 Å². The van der Waals surface area contributed by atoms with Gasteiger partial charge in [-0.3, -0.25) is 4.90 Å². The molecule has 1 aliphatic heterocycles. The van der Waals surface area contributed by atoms with E-state index in [1.165, 1.54) is 16.4 Å². The molecule has 0 spiro atoms. The minimum absolute atomic E-state index is 0.0156. The number of aryl methyl sites for hydroxylation is 1. The van der Waals surface area contributed by atoms with Crippen molar-refractivity contribution in [2.75, 3.05) is 39.8 Å². The summed E-state index contributed by atoms with van der Waals surface area (Å²) in [6.07, 6.45) is -0.256. The quantitative estimate of drug-likeness (QED) is 0.385. The summed E-state index contributed by atoms with van der Waals surface area (Å²) in [4.78, 5) is 2.17. The molecule has 0 saturated carbocycles. The Kier molecular flexibility index (Phi) is 8.64. The van der Waals surface area contributed by atoms with Gasteiger partial charge in [0.25, 0.3) is 0 Å². The number of ether oxygens (including phenoxy) is 2. The molecule has 0 aromatic heterocycles. The van der Waals surface area contributed by atoms with Gasteiger partial charge >= 0.3 is 0 Å². The number of benzene rings is 3. The largest absolute Gasteiger partial charge is 0.497 e. The Morgan fingerprint density at radius 2 is 1.75 bits per heavy atom. The highest BCUT2D eigenvalue weighted by Crippen LogP contribution is 2.26. The molecule has 0 amide bonds. The Labute approximate surface area is 217 Å². The van der Waals surface area contributed by atoms with Crippen LogP contribution in [0, 0.1) is 12.7 Å². The van der Waals surface area contributed by atoms with Crippen LogP contribution in [0.15, 0.2) is 71.6 Å². The van der Waals surface area contributed by atoms with E-state index in [4.69, 9.17) is 21.1 Å². The first kappa shape index (κ1) is 26.6. The molecule has 1 heterocycles. The Morgan fingerprint density at radius 3 is 2.44 bits per heavy atom. The molecule has 0 bridgehead atoms. The molecule has 1 saturated heterocycles. The van der Waals surface area contributed by atoms with Crippen LogP contribution in [0.1, 0.15) is 22.8 Å². The second-order valence-corrected chi connectivity index (χ2v) is 11.2. The zero-order valence-corrected chi connectivity index (χ0v) is 21.9. The molecule has 1 fully saturated rings. The zero-order valence-electron chi connectivity index (χ0n) is 20.4. The summed E-state index contributed by atoms with van der Waals surface area (Å²) in [6.45, 7) is 4.28. The van der Waals surface area contributed by atoms with E-state index in [0.717, 1.165) is 22.9 Å². The number of nitrogens with zero attached hydrogens (tertiary/aromatic N) is 2. The summed E-state index contributed by atoms with van der Waals surface area (Å²) >= 11 is 6.13. The van der Waals surface area contributed by atoms with Gasteiger partial charge in [0.2, 0.25) is 10.0 Å². The van der Waals surface area contributed by atoms with E-state index in [9.17, 15) is 12.8 Å². The van der Waals surface area contributed by atoms with Crippen LogP contribution < -0.4 is 4.74 Å². The molecule has 4 rings (SSSR count). The maximum absolute atomic E-state index is 14.0. The van der Waals surface area contributed by atoms with E-state index in [2.05, 4.69) is 4.90 Å². The van der Waals surface area contributed by atoms with E-state index < -0.39 is 15.8 Å². The standard InChI is InChI=1S/C27H30ClFN2O4S/c1-20-9-10-25(17-26(20)29)36(32,33)31-13-11-30(12-14-31)18-27(22-6-4-8-24(16-22)34-2)35-19-21-5-3-7-23(28)15-21/h3-10,15-17,27H,11-14,18-19H2,1-2H3/t27-/m1/s1. The second-order valence-electron chi connectivity index (χ2n) is 8.82. The van der Waals surface area contributed by atoms with Crippen molar-refractivity contribution in [1.82, 2.24) is 9.21 Å². The lowest BCUT2D eigenvalue weighted by Gasteiger charge is -2.36. The summed E-state index contributed by atoms with van der Waals surface area (Å²) in [5, 5.41) is 0.653. The fourth-order valence-corrected chi connectivity index (χ4v) is 5.84. The maximum Gasteiger partial charge on any atom is 0.243 e. The Bertz CT molecular complexity index is 1300. The Balaban J connectivity index is 1.44. The third-order valence-electron chi connectivity index (χ3n) is 6.34. The number of hydrogen-bond acceptors (Lipinski definition) is 5. The highest BCUT2D eigenvalue weighted by molar-refractivity contribution is 7.89. The number of sulfonamides is 1. The average Bonchev–Trinajstić information content (AvgIpc) is 2.88. The number of rotatable bonds is 9. The molecule has 9 heteroatoms. The van der Waals surface area contributed by atoms with Crippen molar-refractivity contribution in [2.24, 2.45) is 0 Å². The fraction of sp³-hybridized carbons (Fsp3) is 0.333. The maximum atomic E-state index is 14.0. The van der Waals surface area contributed by atoms with Gasteiger partial charge in [-0.2, -0.15) is 4.31 Å². The van der Waals surface area contributed by atoms with Crippen LogP contribution in [0.25, 0.3) is 0 Å². The minimum Gasteiger partial charge on any atom is -0.497 e. The molecule has 0 N–H and O–H groups in total. The molecule has 3 aromatic carbocycles. The summed E-state index contributed by atoms with van der Waals surface area (Å²) in [5.74, 6) is 0.220. The van der Waals surface area contributed by atoms with Crippen LogP contribution >= 0.6 is 11.6 Å². The van der Waals surface area contributed by atoms with Gasteiger partial charge in [0.1, 0.15) is 11.6 Å². The van der Waals surface area contributed by atoms with Gasteiger partial charge in [-0.15, -0.1) is 0 Å². The van der Waals surface area contributed by atoms with E-state index in [-0.39, 0.29) is 11.0 Å². The lowest BCUT2D eigenvalue weighted by Crippen LogP contribution is -2.49. The van der Waals surface area contributed by atoms with Crippen molar-refractivity contribution < 1.29 is 22.3 Å². The van der Waals surface area contributed by atoms with Crippen LogP contribution in [0.5, 0.6) is 5.75 Å². The van der Waals surface area contributed by atoms with Crippen molar-refractivity contribution in [3.05, 3.63) is 94.3 Å². The molecule has 6 nitrogen and oxygen atoms in total. The molecule has 1 atom stereocenters. The summed E-state index contributed by atoms with van der Waals surface area (Å²) in [5.41, 5.74) is 2.36. The Hall–Kier alpha value is -2.49. The van der Waals surface area contributed by atoms with Gasteiger partial charge in [0.05, 0.1) is 24.7 Å². The highest BCUT2D eigenvalue weighted by atomic mass is 35.5. The van der Waals surface area contributed by atoms with Crippen LogP contribution in [-0.2, 0) is 21.4 Å². The molecule has 0 unspecified atom stereocenters. The predicted molar refractivity (Wildman–Crippen MR) is 138 cm³/mol. The summed E-state index contributed by atoms with van der Waals surface area (Å²) < 4.78 is 53.2. The predicted octanol–water partition coefficient (Wildman–Crippen LogP) is 5.06. The Morgan fingerprint density at radius 1 is 1.00 bits per heavy atom. The second kappa shape index (κ2) is 11.7. The van der Waals surface area contributed by atoms with E-state index in [1.807, 2.05) is 48.5 Å². The molecular weight excluding hydrogens is 503 g/mol. The average molecular weight is 533 g/mol. The molecule has 36 heavy (non-hydrogen) atoms. The van der Waals surface area contributed by atoms with Gasteiger partial charge in [0.15, 0.2) is 0 Å². The van der Waals surface area contributed by atoms with Crippen LogP contribution in [0.2, 0.25) is 5.02 Å². The first-order valence-corrected chi connectivity index (χ1v) is 13.6. The van der Waals surface area contributed by atoms with E-state index in [1.54, 1.807) is 14.0 Å². The van der Waals surface area contributed by atoms with Crippen molar-refractivity contribution in [3.8, 4) is 5.75 Å². The molecule has 1 aliphatic rings. The highest BCUT2D eigenvalue weighted by Gasteiger charge is 2.30. The van der Waals surface area contributed by atoms with Crippen molar-refractivity contribution >= 4 is 21.6 Å². The van der Waals surface area contributed by atoms with Gasteiger partial charge in [-0.25, -0.2) is 12.8 Å². The first-order valence-electron chi connectivity index (χ1n) is 11.7. The third kappa shape index (κ3) is 6.44. The SMILES string of the molecule is COc1cccc([C@@H](CN2CCN(S(=O)(=O)c3ccc(C)c(F)c3)CC2)OCc2cccc(Cl)c2)c1. The number of piperazine rings is 1. The number of hydrogen-bond donors (Lipinski definition) is 0. The summed E-state index contributed by atoms with van der Waals surface area (Å²) in [7, 11) is -2.13. The smallest absolute Gasteiger partial charge is 0.243 e. The molecule has 0 radical (unpaired) electrons. The van der Waals surface area contributed by atoms with Crippen LogP contribution in [0.3, 0.4) is 0 Å². The molecule has 0 aliphatic carbocycles. The lowest BCUT2D eigenvalue weighted by atomic mass is 10.1. The van der Waals surface area contributed by atoms with E-state index in [0.29, 0.717) is 49.9 Å². The molecular formula is C27H30ClFN2O4S. The normalized spacial score (nSPS) is 16.1.